The summed E-state index contributed by atoms with van der Waals surface area (Å²) in [5, 5.41) is 8.25. The number of aliphatic hydroxyl groups excluding tert-OH is 1. The van der Waals surface area contributed by atoms with Crippen molar-refractivity contribution in [2.45, 2.75) is 20.3 Å². The Bertz CT molecular complexity index is 118. The third kappa shape index (κ3) is 4.70. The second-order valence-corrected chi connectivity index (χ2v) is 1.59. The van der Waals surface area contributed by atoms with Gasteiger partial charge in [-0.25, -0.2) is 0 Å². The van der Waals surface area contributed by atoms with E-state index in [0.717, 1.165) is 6.26 Å². The van der Waals surface area contributed by atoms with Crippen molar-refractivity contribution in [2.24, 2.45) is 0 Å². The van der Waals surface area contributed by atoms with Crippen molar-refractivity contribution in [3.63, 3.8) is 0 Å². The van der Waals surface area contributed by atoms with Gasteiger partial charge in [0.1, 0.15) is 0 Å². The van der Waals surface area contributed by atoms with Crippen molar-refractivity contribution in [1.29, 1.82) is 0 Å². The molecule has 0 aromatic carbocycles. The summed E-state index contributed by atoms with van der Waals surface area (Å²) in [6.45, 7) is 3.35. The first-order chi connectivity index (χ1) is 3.72. The zero-order valence-electron chi connectivity index (χ0n) is 6.14. The van der Waals surface area contributed by atoms with E-state index in [-0.39, 0.29) is 35.3 Å². The number of allylic oxidation sites excluding steroid dienone is 1. The van der Waals surface area contributed by atoms with E-state index in [9.17, 15) is 4.79 Å². The SMILES string of the molecule is CCC(=O)C(C)=CO.[Na]. The zero-order chi connectivity index (χ0) is 6.57. The summed E-state index contributed by atoms with van der Waals surface area (Å²) >= 11 is 0. The van der Waals surface area contributed by atoms with Gasteiger partial charge in [0.05, 0.1) is 6.26 Å². The van der Waals surface area contributed by atoms with Gasteiger partial charge in [-0.3, -0.25) is 4.79 Å². The summed E-state index contributed by atoms with van der Waals surface area (Å²) in [4.78, 5) is 10.5. The summed E-state index contributed by atoms with van der Waals surface area (Å²) < 4.78 is 0. The van der Waals surface area contributed by atoms with E-state index in [2.05, 4.69) is 0 Å². The van der Waals surface area contributed by atoms with E-state index in [1.54, 1.807) is 13.8 Å². The molecular weight excluding hydrogens is 127 g/mol. The largest absolute Gasteiger partial charge is 0.515 e. The van der Waals surface area contributed by atoms with Crippen LogP contribution in [0.3, 0.4) is 0 Å². The first kappa shape index (κ1) is 11.9. The van der Waals surface area contributed by atoms with Crippen molar-refractivity contribution in [3.05, 3.63) is 11.8 Å². The summed E-state index contributed by atoms with van der Waals surface area (Å²) in [7, 11) is 0. The average Bonchev–Trinajstić information content (AvgIpc) is 1.84. The van der Waals surface area contributed by atoms with Crippen LogP contribution in [0, 0.1) is 0 Å². The summed E-state index contributed by atoms with van der Waals surface area (Å²) in [5.74, 6) is -0.00694. The van der Waals surface area contributed by atoms with Crippen LogP contribution in [0.25, 0.3) is 0 Å². The van der Waals surface area contributed by atoms with Crippen LogP contribution in [-0.2, 0) is 4.79 Å². The fraction of sp³-hybridized carbons (Fsp3) is 0.500. The van der Waals surface area contributed by atoms with Crippen molar-refractivity contribution in [1.82, 2.24) is 0 Å². The molecule has 0 spiro atoms. The van der Waals surface area contributed by atoms with Gasteiger partial charge in [0.25, 0.3) is 0 Å². The quantitative estimate of drug-likeness (QED) is 0.351. The Morgan fingerprint density at radius 1 is 1.67 bits per heavy atom. The van der Waals surface area contributed by atoms with E-state index in [1.165, 1.54) is 0 Å². The molecule has 9 heavy (non-hydrogen) atoms. The van der Waals surface area contributed by atoms with Gasteiger partial charge < -0.3 is 5.11 Å². The molecule has 3 heteroatoms. The molecule has 1 radical (unpaired) electrons. The third-order valence-corrected chi connectivity index (χ3v) is 0.955. The molecule has 0 amide bonds. The third-order valence-electron chi connectivity index (χ3n) is 0.955. The monoisotopic (exact) mass is 137 g/mol. The molecule has 0 aliphatic heterocycles. The maximum absolute atomic E-state index is 10.5. The Labute approximate surface area is 77.2 Å². The first-order valence-electron chi connectivity index (χ1n) is 2.56. The minimum atomic E-state index is -0.00694. The molecule has 0 bridgehead atoms. The molecule has 0 aliphatic rings. The predicted octanol–water partition coefficient (Wildman–Crippen LogP) is 1.05. The van der Waals surface area contributed by atoms with Gasteiger partial charge in [-0.1, -0.05) is 6.92 Å². The van der Waals surface area contributed by atoms with E-state index in [0.29, 0.717) is 12.0 Å². The average molecular weight is 137 g/mol. The molecule has 0 saturated heterocycles. The molecule has 0 aromatic heterocycles. The van der Waals surface area contributed by atoms with Crippen LogP contribution in [0.4, 0.5) is 0 Å². The number of carbonyl (C=O) groups is 1. The van der Waals surface area contributed by atoms with Crippen LogP contribution < -0.4 is 0 Å². The Kier molecular flexibility index (Phi) is 8.40. The van der Waals surface area contributed by atoms with Gasteiger partial charge >= 0.3 is 0 Å². The normalized spacial score (nSPS) is 10.2. The summed E-state index contributed by atoms with van der Waals surface area (Å²) in [5.41, 5.74) is 0.424. The maximum atomic E-state index is 10.5. The number of aliphatic hydroxyl groups is 1. The van der Waals surface area contributed by atoms with Gasteiger partial charge in [-0.15, -0.1) is 0 Å². The van der Waals surface area contributed by atoms with Crippen molar-refractivity contribution < 1.29 is 9.90 Å². The number of Topliss-reactive ketones (excluding diaryl/α,β-unsaturated/α-hetero) is 1. The summed E-state index contributed by atoms with van der Waals surface area (Å²) in [6, 6.07) is 0. The Morgan fingerprint density at radius 3 is 2.22 bits per heavy atom. The van der Waals surface area contributed by atoms with Crippen LogP contribution in [0.2, 0.25) is 0 Å². The topological polar surface area (TPSA) is 37.3 Å². The van der Waals surface area contributed by atoms with Crippen LogP contribution in [0.5, 0.6) is 0 Å². The standard InChI is InChI=1S/C6H10O2.Na/c1-3-6(8)5(2)4-7;/h4,7H,3H2,1-2H3;. The van der Waals surface area contributed by atoms with Gasteiger partial charge in [0.15, 0.2) is 5.78 Å². The molecule has 0 unspecified atom stereocenters. The van der Waals surface area contributed by atoms with E-state index < -0.39 is 0 Å². The Hall–Kier alpha value is 0.210. The van der Waals surface area contributed by atoms with Crippen molar-refractivity contribution in [2.75, 3.05) is 0 Å². The van der Waals surface area contributed by atoms with E-state index in [4.69, 9.17) is 5.11 Å². The Balaban J connectivity index is 0. The van der Waals surface area contributed by atoms with Crippen molar-refractivity contribution >= 4 is 35.3 Å². The van der Waals surface area contributed by atoms with Gasteiger partial charge in [0.2, 0.25) is 0 Å². The second-order valence-electron chi connectivity index (χ2n) is 1.59. The number of rotatable bonds is 2. The molecule has 0 fully saturated rings. The van der Waals surface area contributed by atoms with Crippen LogP contribution in [-0.4, -0.2) is 40.4 Å². The molecule has 0 saturated carbocycles. The number of carbonyl (C=O) groups excluding carboxylic acids is 1. The van der Waals surface area contributed by atoms with Gasteiger partial charge in [-0.05, 0) is 6.92 Å². The van der Waals surface area contributed by atoms with Crippen LogP contribution >= 0.6 is 0 Å². The predicted molar refractivity (Wildman–Crippen MR) is 37.4 cm³/mol. The smallest absolute Gasteiger partial charge is 0.161 e. The molecule has 47 valence electrons. The minimum absolute atomic E-state index is 0. The van der Waals surface area contributed by atoms with E-state index >= 15 is 0 Å². The molecule has 0 atom stereocenters. The second kappa shape index (κ2) is 6.33. The zero-order valence-corrected chi connectivity index (χ0v) is 8.14. The van der Waals surface area contributed by atoms with E-state index in [1.807, 2.05) is 0 Å². The fourth-order valence-electron chi connectivity index (χ4n) is 0.351. The van der Waals surface area contributed by atoms with Crippen molar-refractivity contribution in [3.8, 4) is 0 Å². The molecule has 0 aliphatic carbocycles. The summed E-state index contributed by atoms with van der Waals surface area (Å²) in [6.07, 6.45) is 1.30. The van der Waals surface area contributed by atoms with Crippen LogP contribution in [0.1, 0.15) is 20.3 Å². The van der Waals surface area contributed by atoms with Gasteiger partial charge in [0, 0.05) is 41.6 Å². The molecular formula is C6H10NaO2. The maximum Gasteiger partial charge on any atom is 0.161 e. The number of hydrogen-bond donors (Lipinski definition) is 1. The Morgan fingerprint density at radius 2 is 2.11 bits per heavy atom. The molecule has 0 rings (SSSR count). The van der Waals surface area contributed by atoms with Gasteiger partial charge in [-0.2, -0.15) is 0 Å². The minimum Gasteiger partial charge on any atom is -0.515 e. The molecule has 2 nitrogen and oxygen atoms in total. The number of hydrogen-bond acceptors (Lipinski definition) is 2. The molecule has 1 N–H and O–H groups in total. The molecule has 0 heterocycles. The van der Waals surface area contributed by atoms with Crippen LogP contribution in [0.15, 0.2) is 11.8 Å². The fourth-order valence-corrected chi connectivity index (χ4v) is 0.351. The number of ketones is 1. The first-order valence-corrected chi connectivity index (χ1v) is 2.56. The molecule has 0 aromatic rings.